The Balaban J connectivity index is 2.59. The third-order valence-corrected chi connectivity index (χ3v) is 2.45. The van der Waals surface area contributed by atoms with Crippen LogP contribution in [0.3, 0.4) is 0 Å². The van der Waals surface area contributed by atoms with Crippen molar-refractivity contribution in [3.63, 3.8) is 0 Å². The number of aliphatic carboxylic acids is 1. The van der Waals surface area contributed by atoms with Gasteiger partial charge in [-0.3, -0.25) is 4.90 Å². The van der Waals surface area contributed by atoms with Gasteiger partial charge in [-0.05, 0) is 26.4 Å². The van der Waals surface area contributed by atoms with Gasteiger partial charge in [-0.25, -0.2) is 4.79 Å². The van der Waals surface area contributed by atoms with E-state index in [1.54, 1.807) is 0 Å². The maximum Gasteiger partial charge on any atom is 0.332 e. The van der Waals surface area contributed by atoms with Crippen LogP contribution in [0.2, 0.25) is 0 Å². The average Bonchev–Trinajstić information content (AvgIpc) is 2.04. The SMILES string of the molecule is C=C(C(=O)O)[C@@H]1CCCCN1C. The molecule has 0 aromatic heterocycles. The van der Waals surface area contributed by atoms with Crippen molar-refractivity contribution in [2.24, 2.45) is 0 Å². The largest absolute Gasteiger partial charge is 0.478 e. The Morgan fingerprint density at radius 3 is 2.75 bits per heavy atom. The van der Waals surface area contributed by atoms with Gasteiger partial charge in [0.1, 0.15) is 0 Å². The Morgan fingerprint density at radius 2 is 2.25 bits per heavy atom. The minimum atomic E-state index is -0.867. The number of hydrogen-bond acceptors (Lipinski definition) is 2. The van der Waals surface area contributed by atoms with Gasteiger partial charge in [0.15, 0.2) is 0 Å². The number of hydrogen-bond donors (Lipinski definition) is 1. The van der Waals surface area contributed by atoms with E-state index in [0.29, 0.717) is 5.57 Å². The molecule has 0 aromatic carbocycles. The predicted molar refractivity (Wildman–Crippen MR) is 47.0 cm³/mol. The molecule has 1 rings (SSSR count). The van der Waals surface area contributed by atoms with Crippen LogP contribution in [0.15, 0.2) is 12.2 Å². The quantitative estimate of drug-likeness (QED) is 0.629. The van der Waals surface area contributed by atoms with Gasteiger partial charge in [0.25, 0.3) is 0 Å². The molecule has 0 saturated carbocycles. The molecule has 0 bridgehead atoms. The molecular weight excluding hydrogens is 154 g/mol. The van der Waals surface area contributed by atoms with E-state index in [4.69, 9.17) is 5.11 Å². The second kappa shape index (κ2) is 3.72. The summed E-state index contributed by atoms with van der Waals surface area (Å²) in [5.74, 6) is -0.867. The minimum absolute atomic E-state index is 0.0521. The van der Waals surface area contributed by atoms with Gasteiger partial charge >= 0.3 is 5.97 Å². The van der Waals surface area contributed by atoms with Crippen molar-refractivity contribution in [3.05, 3.63) is 12.2 Å². The predicted octanol–water partition coefficient (Wildman–Crippen LogP) is 1.11. The first kappa shape index (κ1) is 9.26. The number of carbonyl (C=O) groups is 1. The van der Waals surface area contributed by atoms with Crippen molar-refractivity contribution < 1.29 is 9.90 Å². The van der Waals surface area contributed by atoms with E-state index in [2.05, 4.69) is 11.5 Å². The summed E-state index contributed by atoms with van der Waals surface area (Å²) in [6, 6.07) is 0.0521. The third kappa shape index (κ3) is 1.85. The van der Waals surface area contributed by atoms with Gasteiger partial charge in [0, 0.05) is 11.6 Å². The molecule has 3 nitrogen and oxygen atoms in total. The highest BCUT2D eigenvalue weighted by Crippen LogP contribution is 2.20. The Kier molecular flexibility index (Phi) is 2.87. The highest BCUT2D eigenvalue weighted by atomic mass is 16.4. The maximum absolute atomic E-state index is 10.6. The molecule has 1 saturated heterocycles. The van der Waals surface area contributed by atoms with Crippen LogP contribution in [0.25, 0.3) is 0 Å². The Bertz CT molecular complexity index is 201. The molecule has 68 valence electrons. The zero-order valence-electron chi connectivity index (χ0n) is 7.42. The highest BCUT2D eigenvalue weighted by Gasteiger charge is 2.24. The fraction of sp³-hybridized carbons (Fsp3) is 0.667. The molecule has 1 heterocycles. The van der Waals surface area contributed by atoms with E-state index in [1.807, 2.05) is 7.05 Å². The molecule has 3 heteroatoms. The van der Waals surface area contributed by atoms with Gasteiger partial charge in [-0.2, -0.15) is 0 Å². The van der Waals surface area contributed by atoms with Crippen molar-refractivity contribution in [2.45, 2.75) is 25.3 Å². The lowest BCUT2D eigenvalue weighted by Gasteiger charge is -2.32. The van der Waals surface area contributed by atoms with Crippen LogP contribution in [-0.4, -0.2) is 35.6 Å². The summed E-state index contributed by atoms with van der Waals surface area (Å²) >= 11 is 0. The van der Waals surface area contributed by atoms with Gasteiger partial charge in [-0.15, -0.1) is 0 Å². The van der Waals surface area contributed by atoms with Crippen LogP contribution in [0, 0.1) is 0 Å². The average molecular weight is 169 g/mol. The monoisotopic (exact) mass is 169 g/mol. The van der Waals surface area contributed by atoms with Crippen molar-refractivity contribution in [3.8, 4) is 0 Å². The van der Waals surface area contributed by atoms with Crippen LogP contribution >= 0.6 is 0 Å². The number of rotatable bonds is 2. The number of piperidine rings is 1. The highest BCUT2D eigenvalue weighted by molar-refractivity contribution is 5.87. The first-order valence-electron chi connectivity index (χ1n) is 4.25. The Hall–Kier alpha value is -0.830. The fourth-order valence-corrected chi connectivity index (χ4v) is 1.66. The number of carboxylic acids is 1. The van der Waals surface area contributed by atoms with E-state index in [-0.39, 0.29) is 6.04 Å². The third-order valence-electron chi connectivity index (χ3n) is 2.45. The summed E-state index contributed by atoms with van der Waals surface area (Å²) in [5, 5.41) is 8.73. The topological polar surface area (TPSA) is 40.5 Å². The van der Waals surface area contributed by atoms with Gasteiger partial charge in [0.2, 0.25) is 0 Å². The lowest BCUT2D eigenvalue weighted by atomic mass is 9.97. The van der Waals surface area contributed by atoms with Gasteiger partial charge < -0.3 is 5.11 Å². The molecule has 0 amide bonds. The Morgan fingerprint density at radius 1 is 1.58 bits per heavy atom. The number of likely N-dealkylation sites (tertiary alicyclic amines) is 1. The second-order valence-corrected chi connectivity index (χ2v) is 3.32. The molecule has 1 N–H and O–H groups in total. The zero-order chi connectivity index (χ0) is 9.14. The van der Waals surface area contributed by atoms with Gasteiger partial charge in [0.05, 0.1) is 0 Å². The molecule has 1 atom stereocenters. The first-order valence-corrected chi connectivity index (χ1v) is 4.25. The van der Waals surface area contributed by atoms with E-state index in [9.17, 15) is 4.79 Å². The van der Waals surface area contributed by atoms with E-state index >= 15 is 0 Å². The summed E-state index contributed by atoms with van der Waals surface area (Å²) in [6.07, 6.45) is 3.21. The number of likely N-dealkylation sites (N-methyl/N-ethyl adjacent to an activating group) is 1. The first-order chi connectivity index (χ1) is 5.63. The van der Waals surface area contributed by atoms with Crippen LogP contribution in [-0.2, 0) is 4.79 Å². The van der Waals surface area contributed by atoms with E-state index in [0.717, 1.165) is 19.4 Å². The fourth-order valence-electron chi connectivity index (χ4n) is 1.66. The molecule has 1 aliphatic heterocycles. The Labute approximate surface area is 72.7 Å². The summed E-state index contributed by atoms with van der Waals surface area (Å²) in [4.78, 5) is 12.7. The van der Waals surface area contributed by atoms with E-state index < -0.39 is 5.97 Å². The van der Waals surface area contributed by atoms with Crippen LogP contribution in [0.4, 0.5) is 0 Å². The lowest BCUT2D eigenvalue weighted by molar-refractivity contribution is -0.133. The lowest BCUT2D eigenvalue weighted by Crippen LogP contribution is -2.39. The summed E-state index contributed by atoms with van der Waals surface area (Å²) < 4.78 is 0. The maximum atomic E-state index is 10.6. The molecular formula is C9H15NO2. The number of carboxylic acid groups (broad SMARTS) is 1. The second-order valence-electron chi connectivity index (χ2n) is 3.32. The summed E-state index contributed by atoms with van der Waals surface area (Å²) in [6.45, 7) is 4.57. The van der Waals surface area contributed by atoms with Crippen LogP contribution in [0.1, 0.15) is 19.3 Å². The molecule has 0 aromatic rings. The van der Waals surface area contributed by atoms with Crippen molar-refractivity contribution in [1.82, 2.24) is 4.90 Å². The number of nitrogens with zero attached hydrogens (tertiary/aromatic N) is 1. The molecule has 1 aliphatic rings. The molecule has 0 radical (unpaired) electrons. The van der Waals surface area contributed by atoms with Crippen molar-refractivity contribution >= 4 is 5.97 Å². The molecule has 0 aliphatic carbocycles. The minimum Gasteiger partial charge on any atom is -0.478 e. The normalized spacial score (nSPS) is 25.2. The van der Waals surface area contributed by atoms with Crippen molar-refractivity contribution in [1.29, 1.82) is 0 Å². The smallest absolute Gasteiger partial charge is 0.332 e. The summed E-state index contributed by atoms with van der Waals surface area (Å²) in [5.41, 5.74) is 0.331. The van der Waals surface area contributed by atoms with Crippen LogP contribution < -0.4 is 0 Å². The molecule has 12 heavy (non-hydrogen) atoms. The van der Waals surface area contributed by atoms with Crippen molar-refractivity contribution in [2.75, 3.05) is 13.6 Å². The molecule has 0 unspecified atom stereocenters. The molecule has 0 spiro atoms. The van der Waals surface area contributed by atoms with Gasteiger partial charge in [-0.1, -0.05) is 13.0 Å². The van der Waals surface area contributed by atoms with E-state index in [1.165, 1.54) is 6.42 Å². The molecule has 1 fully saturated rings. The standard InChI is InChI=1S/C9H15NO2/c1-7(9(11)12)8-5-3-4-6-10(8)2/h8H,1,3-6H2,2H3,(H,11,12)/t8-/m0/s1. The van der Waals surface area contributed by atoms with Crippen LogP contribution in [0.5, 0.6) is 0 Å². The summed E-state index contributed by atoms with van der Waals surface area (Å²) in [7, 11) is 1.96. The zero-order valence-corrected chi connectivity index (χ0v) is 7.42.